The van der Waals surface area contributed by atoms with Crippen LogP contribution in [0.25, 0.3) is 0 Å². The van der Waals surface area contributed by atoms with Gasteiger partial charge in [0, 0.05) is 17.7 Å². The van der Waals surface area contributed by atoms with Crippen LogP contribution >= 0.6 is 0 Å². The molecule has 0 saturated carbocycles. The number of ether oxygens (including phenoxy) is 4. The molecule has 11 nitrogen and oxygen atoms in total. The van der Waals surface area contributed by atoms with Crippen LogP contribution in [0.2, 0.25) is 0 Å². The molecular weight excluding hydrogens is 430 g/mol. The molecule has 0 aliphatic heterocycles. The van der Waals surface area contributed by atoms with Gasteiger partial charge in [0.25, 0.3) is 10.0 Å². The number of rotatable bonds is 11. The monoisotopic (exact) mass is 453 g/mol. The molecule has 31 heavy (non-hydrogen) atoms. The van der Waals surface area contributed by atoms with Crippen LogP contribution in [0.4, 0.5) is 5.69 Å². The van der Waals surface area contributed by atoms with Crippen molar-refractivity contribution in [3.63, 3.8) is 0 Å². The van der Waals surface area contributed by atoms with Gasteiger partial charge >= 0.3 is 5.69 Å². The Balaban J connectivity index is 2.35. The summed E-state index contributed by atoms with van der Waals surface area (Å²) in [5.41, 5.74) is -0.0979. The molecule has 1 N–H and O–H groups in total. The van der Waals surface area contributed by atoms with Gasteiger partial charge in [0.1, 0.15) is 16.4 Å². The molecule has 0 aliphatic rings. The Morgan fingerprint density at radius 3 is 2.39 bits per heavy atom. The molecule has 0 atom stereocenters. The molecule has 0 amide bonds. The zero-order valence-corrected chi connectivity index (χ0v) is 18.3. The first-order valence-electron chi connectivity index (χ1n) is 9.03. The highest BCUT2D eigenvalue weighted by molar-refractivity contribution is 7.89. The van der Waals surface area contributed by atoms with E-state index in [1.54, 1.807) is 6.07 Å². The number of methoxy groups -OCH3 is 3. The Kier molecular flexibility index (Phi) is 8.02. The van der Waals surface area contributed by atoms with Gasteiger partial charge in [0.05, 0.1) is 39.1 Å². The number of nitro benzene ring substituents is 1. The van der Waals surface area contributed by atoms with Crippen LogP contribution in [0.15, 0.2) is 40.3 Å². The molecule has 0 radical (unpaired) electrons. The predicted octanol–water partition coefficient (Wildman–Crippen LogP) is 2.72. The minimum absolute atomic E-state index is 0.00630. The van der Waals surface area contributed by atoms with Crippen LogP contribution in [-0.2, 0) is 10.0 Å². The van der Waals surface area contributed by atoms with E-state index >= 15 is 0 Å². The molecular formula is C19H23N3O8S. The summed E-state index contributed by atoms with van der Waals surface area (Å²) >= 11 is 0. The van der Waals surface area contributed by atoms with E-state index in [9.17, 15) is 18.5 Å². The third-order valence-electron chi connectivity index (χ3n) is 3.97. The van der Waals surface area contributed by atoms with Crippen LogP contribution in [0.3, 0.4) is 0 Å². The summed E-state index contributed by atoms with van der Waals surface area (Å²) < 4.78 is 46.0. The van der Waals surface area contributed by atoms with Crippen molar-refractivity contribution < 1.29 is 32.3 Å². The largest absolute Gasteiger partial charge is 0.497 e. The number of hydrogen-bond acceptors (Lipinski definition) is 9. The fourth-order valence-electron chi connectivity index (χ4n) is 2.53. The summed E-state index contributed by atoms with van der Waals surface area (Å²) in [4.78, 5) is 12.7. The highest BCUT2D eigenvalue weighted by atomic mass is 32.2. The molecule has 0 unspecified atom stereocenters. The molecule has 0 spiro atoms. The first kappa shape index (κ1) is 23.7. The quantitative estimate of drug-likeness (QED) is 0.311. The Labute approximate surface area is 179 Å². The smallest absolute Gasteiger partial charge is 0.315 e. The second-order valence-electron chi connectivity index (χ2n) is 6.05. The second-order valence-corrected chi connectivity index (χ2v) is 7.68. The molecule has 0 saturated heterocycles. The van der Waals surface area contributed by atoms with Gasteiger partial charge in [0.15, 0.2) is 5.75 Å². The van der Waals surface area contributed by atoms with Crippen molar-refractivity contribution in [3.05, 3.63) is 46.0 Å². The number of benzene rings is 2. The van der Waals surface area contributed by atoms with E-state index in [4.69, 9.17) is 18.9 Å². The molecule has 0 fully saturated rings. The first-order chi connectivity index (χ1) is 14.8. The number of nitrogens with zero attached hydrogens (tertiary/aromatic N) is 2. The predicted molar refractivity (Wildman–Crippen MR) is 113 cm³/mol. The van der Waals surface area contributed by atoms with E-state index in [2.05, 4.69) is 5.10 Å². The average molecular weight is 453 g/mol. The second kappa shape index (κ2) is 10.5. The van der Waals surface area contributed by atoms with Crippen LogP contribution in [-0.4, -0.2) is 47.5 Å². The molecule has 0 aromatic heterocycles. The maximum absolute atomic E-state index is 12.6. The van der Waals surface area contributed by atoms with Crippen molar-refractivity contribution in [2.45, 2.75) is 18.2 Å². The van der Waals surface area contributed by atoms with Crippen LogP contribution in [0.5, 0.6) is 23.0 Å². The number of hydrogen-bond donors (Lipinski definition) is 1. The Morgan fingerprint density at radius 2 is 1.81 bits per heavy atom. The lowest BCUT2D eigenvalue weighted by molar-refractivity contribution is -0.386. The molecule has 0 heterocycles. The summed E-state index contributed by atoms with van der Waals surface area (Å²) in [6.07, 6.45) is 1.77. The lowest BCUT2D eigenvalue weighted by atomic mass is 10.2. The zero-order valence-electron chi connectivity index (χ0n) is 17.4. The minimum atomic E-state index is -4.11. The summed E-state index contributed by atoms with van der Waals surface area (Å²) in [6.45, 7) is 2.13. The van der Waals surface area contributed by atoms with Crippen molar-refractivity contribution >= 4 is 21.9 Å². The van der Waals surface area contributed by atoms with E-state index in [0.717, 1.165) is 6.21 Å². The fraction of sp³-hybridized carbons (Fsp3) is 0.316. The van der Waals surface area contributed by atoms with E-state index in [0.29, 0.717) is 12.2 Å². The molecule has 0 aliphatic carbocycles. The van der Waals surface area contributed by atoms with E-state index in [-0.39, 0.29) is 40.0 Å². The molecule has 2 aromatic carbocycles. The summed E-state index contributed by atoms with van der Waals surface area (Å²) in [7, 11) is -0.0352. The molecule has 2 rings (SSSR count). The van der Waals surface area contributed by atoms with Gasteiger partial charge in [-0.1, -0.05) is 6.92 Å². The third kappa shape index (κ3) is 5.75. The number of hydrazone groups is 1. The highest BCUT2D eigenvalue weighted by Crippen LogP contribution is 2.38. The van der Waals surface area contributed by atoms with Crippen LogP contribution in [0.1, 0.15) is 18.9 Å². The molecule has 12 heteroatoms. The van der Waals surface area contributed by atoms with Crippen molar-refractivity contribution in [1.82, 2.24) is 4.83 Å². The SMILES string of the molecule is CCCOc1c(OC)cc(/C=N/NS(=O)(=O)c2cc(OC)ccc2OC)cc1[N+](=O)[O-]. The minimum Gasteiger partial charge on any atom is -0.497 e. The van der Waals surface area contributed by atoms with E-state index in [1.165, 1.54) is 45.6 Å². The lowest BCUT2D eigenvalue weighted by Gasteiger charge is -2.11. The molecule has 168 valence electrons. The normalized spacial score (nSPS) is 11.2. The van der Waals surface area contributed by atoms with Crippen LogP contribution in [0, 0.1) is 10.1 Å². The lowest BCUT2D eigenvalue weighted by Crippen LogP contribution is -2.19. The van der Waals surface area contributed by atoms with Crippen molar-refractivity contribution in [1.29, 1.82) is 0 Å². The van der Waals surface area contributed by atoms with Gasteiger partial charge in [-0.2, -0.15) is 18.4 Å². The van der Waals surface area contributed by atoms with Gasteiger partial charge in [0.2, 0.25) is 5.75 Å². The number of nitrogens with one attached hydrogen (secondary N) is 1. The van der Waals surface area contributed by atoms with Crippen LogP contribution < -0.4 is 23.8 Å². The van der Waals surface area contributed by atoms with Gasteiger partial charge in [-0.3, -0.25) is 10.1 Å². The fourth-order valence-corrected chi connectivity index (χ4v) is 3.51. The Hall–Kier alpha value is -3.54. The topological polar surface area (TPSA) is 139 Å². The third-order valence-corrected chi connectivity index (χ3v) is 5.22. The van der Waals surface area contributed by atoms with E-state index < -0.39 is 14.9 Å². The van der Waals surface area contributed by atoms with Crippen molar-refractivity contribution in [2.75, 3.05) is 27.9 Å². The van der Waals surface area contributed by atoms with Crippen molar-refractivity contribution in [3.8, 4) is 23.0 Å². The first-order valence-corrected chi connectivity index (χ1v) is 10.5. The molecule has 0 bridgehead atoms. The Bertz CT molecular complexity index is 1070. The standard InChI is InChI=1S/C19H23N3O8S/c1-5-8-30-19-15(22(23)24)9-13(10-17(19)29-4)12-20-21-31(25,26)18-11-14(27-2)6-7-16(18)28-3/h6-7,9-12,21H,5,8H2,1-4H3/b20-12+. The summed E-state index contributed by atoms with van der Waals surface area (Å²) in [6, 6.07) is 6.93. The van der Waals surface area contributed by atoms with Gasteiger partial charge in [-0.25, -0.2) is 0 Å². The van der Waals surface area contributed by atoms with Gasteiger partial charge in [-0.05, 0) is 24.6 Å². The van der Waals surface area contributed by atoms with Crippen molar-refractivity contribution in [2.24, 2.45) is 5.10 Å². The van der Waals surface area contributed by atoms with Gasteiger partial charge in [-0.15, -0.1) is 0 Å². The number of sulfonamides is 1. The summed E-state index contributed by atoms with van der Waals surface area (Å²) in [5, 5.41) is 15.2. The maximum atomic E-state index is 12.6. The Morgan fingerprint density at radius 1 is 1.10 bits per heavy atom. The van der Waals surface area contributed by atoms with Gasteiger partial charge < -0.3 is 18.9 Å². The number of nitro groups is 1. The van der Waals surface area contributed by atoms with E-state index in [1.807, 2.05) is 11.8 Å². The molecule has 2 aromatic rings. The maximum Gasteiger partial charge on any atom is 0.315 e. The average Bonchev–Trinajstić information content (AvgIpc) is 2.76. The highest BCUT2D eigenvalue weighted by Gasteiger charge is 2.23. The summed E-state index contributed by atoms with van der Waals surface area (Å²) in [5.74, 6) is 0.529. The zero-order chi connectivity index (χ0) is 23.0.